The lowest BCUT2D eigenvalue weighted by atomic mass is 10.1. The number of alkyl halides is 3. The lowest BCUT2D eigenvalue weighted by molar-refractivity contribution is -0.153. The Morgan fingerprint density at radius 3 is 2.35 bits per heavy atom. The molecule has 1 aromatic carbocycles. The van der Waals surface area contributed by atoms with Gasteiger partial charge in [0.25, 0.3) is 5.91 Å². The van der Waals surface area contributed by atoms with E-state index < -0.39 is 18.3 Å². The fraction of sp³-hybridized carbons (Fsp3) is 0.500. The van der Waals surface area contributed by atoms with Crippen LogP contribution in [0, 0.1) is 6.92 Å². The Labute approximate surface area is 116 Å². The fourth-order valence-electron chi connectivity index (χ4n) is 1.47. The summed E-state index contributed by atoms with van der Waals surface area (Å²) >= 11 is 0. The summed E-state index contributed by atoms with van der Waals surface area (Å²) in [6.07, 6.45) is -4.41. The van der Waals surface area contributed by atoms with Crippen LogP contribution < -0.4 is 10.1 Å². The summed E-state index contributed by atoms with van der Waals surface area (Å²) in [4.78, 5) is 11.9. The number of aryl methyl sites for hydroxylation is 1. The zero-order valence-corrected chi connectivity index (χ0v) is 11.9. The molecule has 0 aliphatic heterocycles. The topological polar surface area (TPSA) is 38.3 Å². The largest absolute Gasteiger partial charge is 0.484 e. The molecule has 112 valence electrons. The molecule has 6 heteroatoms. The van der Waals surface area contributed by atoms with Crippen LogP contribution >= 0.6 is 0 Å². The van der Waals surface area contributed by atoms with Gasteiger partial charge in [-0.1, -0.05) is 6.07 Å². The Balaban J connectivity index is 2.88. The minimum absolute atomic E-state index is 0.0592. The maximum Gasteiger partial charge on any atom is 0.422 e. The van der Waals surface area contributed by atoms with Crippen molar-refractivity contribution >= 4 is 5.91 Å². The van der Waals surface area contributed by atoms with Crippen LogP contribution in [-0.4, -0.2) is 24.2 Å². The van der Waals surface area contributed by atoms with Crippen LogP contribution in [0.2, 0.25) is 0 Å². The average molecular weight is 289 g/mol. The van der Waals surface area contributed by atoms with Gasteiger partial charge in [0.05, 0.1) is 0 Å². The van der Waals surface area contributed by atoms with Crippen LogP contribution in [0.15, 0.2) is 18.2 Å². The smallest absolute Gasteiger partial charge is 0.422 e. The Kier molecular flexibility index (Phi) is 4.68. The number of benzene rings is 1. The molecule has 0 bridgehead atoms. The van der Waals surface area contributed by atoms with Crippen molar-refractivity contribution in [2.75, 3.05) is 6.61 Å². The Bertz CT molecular complexity index is 490. The number of carbonyl (C=O) groups is 1. The molecule has 0 heterocycles. The highest BCUT2D eigenvalue weighted by molar-refractivity contribution is 5.95. The van der Waals surface area contributed by atoms with Crippen molar-refractivity contribution in [3.63, 3.8) is 0 Å². The molecule has 0 unspecified atom stereocenters. The van der Waals surface area contributed by atoms with Crippen molar-refractivity contribution in [1.29, 1.82) is 0 Å². The molecular formula is C14H18F3NO2. The molecule has 20 heavy (non-hydrogen) atoms. The normalized spacial score (nSPS) is 12.2. The highest BCUT2D eigenvalue weighted by Gasteiger charge is 2.28. The van der Waals surface area contributed by atoms with E-state index in [2.05, 4.69) is 5.32 Å². The first-order chi connectivity index (χ1) is 8.98. The summed E-state index contributed by atoms with van der Waals surface area (Å²) in [6.45, 7) is 5.70. The molecule has 1 aromatic rings. The van der Waals surface area contributed by atoms with Crippen LogP contribution in [-0.2, 0) is 0 Å². The standard InChI is InChI=1S/C14H18F3NO2/c1-9-5-6-10(12(19)18-13(2,3)4)7-11(9)20-8-14(15,16)17/h5-7H,8H2,1-4H3,(H,18,19). The van der Waals surface area contributed by atoms with Crippen molar-refractivity contribution < 1.29 is 22.7 Å². The quantitative estimate of drug-likeness (QED) is 0.925. The molecule has 0 aliphatic rings. The number of rotatable bonds is 3. The molecular weight excluding hydrogens is 271 g/mol. The Morgan fingerprint density at radius 1 is 1.25 bits per heavy atom. The molecule has 0 radical (unpaired) electrons. The minimum atomic E-state index is -4.41. The molecule has 0 atom stereocenters. The van der Waals surface area contributed by atoms with E-state index in [1.807, 2.05) is 20.8 Å². The van der Waals surface area contributed by atoms with Crippen molar-refractivity contribution in [3.05, 3.63) is 29.3 Å². The van der Waals surface area contributed by atoms with Crippen molar-refractivity contribution in [2.24, 2.45) is 0 Å². The maximum atomic E-state index is 12.2. The van der Waals surface area contributed by atoms with E-state index in [0.717, 1.165) is 0 Å². The van der Waals surface area contributed by atoms with Gasteiger partial charge in [-0.15, -0.1) is 0 Å². The van der Waals surface area contributed by atoms with Gasteiger partial charge in [0.15, 0.2) is 6.61 Å². The van der Waals surface area contributed by atoms with Gasteiger partial charge in [-0.05, 0) is 45.4 Å². The van der Waals surface area contributed by atoms with Gasteiger partial charge in [-0.2, -0.15) is 13.2 Å². The molecule has 0 fully saturated rings. The third-order valence-corrected chi connectivity index (χ3v) is 2.33. The summed E-state index contributed by atoms with van der Waals surface area (Å²) in [5.74, 6) is -0.293. The highest BCUT2D eigenvalue weighted by atomic mass is 19.4. The van der Waals surface area contributed by atoms with Crippen molar-refractivity contribution in [1.82, 2.24) is 5.32 Å². The second kappa shape index (κ2) is 5.73. The van der Waals surface area contributed by atoms with E-state index in [1.54, 1.807) is 19.1 Å². The van der Waals surface area contributed by atoms with E-state index in [4.69, 9.17) is 4.74 Å². The maximum absolute atomic E-state index is 12.2. The zero-order valence-electron chi connectivity index (χ0n) is 11.9. The fourth-order valence-corrected chi connectivity index (χ4v) is 1.47. The first-order valence-electron chi connectivity index (χ1n) is 6.11. The van der Waals surface area contributed by atoms with E-state index in [-0.39, 0.29) is 17.2 Å². The third kappa shape index (κ3) is 5.50. The van der Waals surface area contributed by atoms with Gasteiger partial charge in [-0.25, -0.2) is 0 Å². The van der Waals surface area contributed by atoms with Crippen LogP contribution in [0.25, 0.3) is 0 Å². The van der Waals surface area contributed by atoms with Gasteiger partial charge in [-0.3, -0.25) is 4.79 Å². The lowest BCUT2D eigenvalue weighted by Crippen LogP contribution is -2.40. The molecule has 0 saturated heterocycles. The molecule has 0 spiro atoms. The highest BCUT2D eigenvalue weighted by Crippen LogP contribution is 2.23. The van der Waals surface area contributed by atoms with Gasteiger partial charge >= 0.3 is 6.18 Å². The number of carbonyl (C=O) groups excluding carboxylic acids is 1. The van der Waals surface area contributed by atoms with Crippen LogP contribution in [0.3, 0.4) is 0 Å². The van der Waals surface area contributed by atoms with Gasteiger partial charge in [0, 0.05) is 11.1 Å². The van der Waals surface area contributed by atoms with Crippen molar-refractivity contribution in [3.8, 4) is 5.75 Å². The Morgan fingerprint density at radius 2 is 1.85 bits per heavy atom. The van der Waals surface area contributed by atoms with Crippen LogP contribution in [0.1, 0.15) is 36.7 Å². The predicted octanol–water partition coefficient (Wildman–Crippen LogP) is 3.46. The number of hydrogen-bond acceptors (Lipinski definition) is 2. The van der Waals surface area contributed by atoms with E-state index in [0.29, 0.717) is 5.56 Å². The molecule has 3 nitrogen and oxygen atoms in total. The average Bonchev–Trinajstić information content (AvgIpc) is 2.24. The number of nitrogens with one attached hydrogen (secondary N) is 1. The first kappa shape index (κ1) is 16.3. The van der Waals surface area contributed by atoms with Crippen LogP contribution in [0.4, 0.5) is 13.2 Å². The number of hydrogen-bond donors (Lipinski definition) is 1. The summed E-state index contributed by atoms with van der Waals surface area (Å²) in [5.41, 5.74) is 0.388. The number of ether oxygens (including phenoxy) is 1. The first-order valence-corrected chi connectivity index (χ1v) is 6.11. The summed E-state index contributed by atoms with van der Waals surface area (Å²) in [6, 6.07) is 4.43. The van der Waals surface area contributed by atoms with E-state index in [1.165, 1.54) is 6.07 Å². The Hall–Kier alpha value is -1.72. The molecule has 1 N–H and O–H groups in total. The molecule has 0 aromatic heterocycles. The van der Waals surface area contributed by atoms with Gasteiger partial charge in [0.1, 0.15) is 5.75 Å². The molecule has 1 amide bonds. The number of halogens is 3. The third-order valence-electron chi connectivity index (χ3n) is 2.33. The van der Waals surface area contributed by atoms with E-state index in [9.17, 15) is 18.0 Å². The molecule has 0 aliphatic carbocycles. The SMILES string of the molecule is Cc1ccc(C(=O)NC(C)(C)C)cc1OCC(F)(F)F. The van der Waals surface area contributed by atoms with Crippen LogP contribution in [0.5, 0.6) is 5.75 Å². The predicted molar refractivity (Wildman–Crippen MR) is 69.9 cm³/mol. The summed E-state index contributed by atoms with van der Waals surface area (Å²) in [7, 11) is 0. The minimum Gasteiger partial charge on any atom is -0.484 e. The second-order valence-corrected chi connectivity index (χ2v) is 5.59. The van der Waals surface area contributed by atoms with Gasteiger partial charge < -0.3 is 10.1 Å². The lowest BCUT2D eigenvalue weighted by Gasteiger charge is -2.21. The second-order valence-electron chi connectivity index (χ2n) is 5.59. The summed E-state index contributed by atoms with van der Waals surface area (Å²) in [5, 5.41) is 2.74. The van der Waals surface area contributed by atoms with Crippen molar-refractivity contribution in [2.45, 2.75) is 39.4 Å². The monoisotopic (exact) mass is 289 g/mol. The summed E-state index contributed by atoms with van der Waals surface area (Å²) < 4.78 is 41.2. The van der Waals surface area contributed by atoms with Gasteiger partial charge in [0.2, 0.25) is 0 Å². The number of amides is 1. The molecule has 0 saturated carbocycles. The van der Waals surface area contributed by atoms with E-state index >= 15 is 0 Å². The molecule has 1 rings (SSSR count). The zero-order chi connectivity index (χ0) is 15.6.